The molecule has 0 aromatic carbocycles. The van der Waals surface area contributed by atoms with Crippen LogP contribution in [-0.4, -0.2) is 38.9 Å². The minimum absolute atomic E-state index is 0.0301. The second-order valence-electron chi connectivity index (χ2n) is 7.47. The van der Waals surface area contributed by atoms with Gasteiger partial charge in [-0.2, -0.15) is 13.2 Å². The van der Waals surface area contributed by atoms with Gasteiger partial charge in [-0.1, -0.05) is 13.8 Å². The van der Waals surface area contributed by atoms with Crippen molar-refractivity contribution in [1.82, 2.24) is 0 Å². The van der Waals surface area contributed by atoms with Crippen molar-refractivity contribution < 1.29 is 27.4 Å². The van der Waals surface area contributed by atoms with Crippen LogP contribution in [0.3, 0.4) is 0 Å². The van der Waals surface area contributed by atoms with Crippen LogP contribution in [0.4, 0.5) is 13.2 Å². The van der Waals surface area contributed by atoms with Gasteiger partial charge in [0.25, 0.3) is 0 Å². The average molecular weight is 338 g/mol. The molecular weight excluding hydrogens is 309 g/mol. The maximum absolute atomic E-state index is 13.5. The Morgan fingerprint density at radius 1 is 1.04 bits per heavy atom. The Morgan fingerprint density at radius 3 is 2.26 bits per heavy atom. The molecule has 0 spiro atoms. The lowest BCUT2D eigenvalue weighted by atomic mass is 9.72. The molecule has 2 aliphatic carbocycles. The third-order valence-electron chi connectivity index (χ3n) is 6.18. The second kappa shape index (κ2) is 7.28. The van der Waals surface area contributed by atoms with Crippen molar-refractivity contribution >= 4 is 0 Å². The summed E-state index contributed by atoms with van der Waals surface area (Å²) in [4.78, 5) is 0. The Balaban J connectivity index is 1.94. The van der Waals surface area contributed by atoms with E-state index in [1.807, 2.05) is 0 Å². The van der Waals surface area contributed by atoms with Crippen LogP contribution in [0.25, 0.3) is 0 Å². The molecule has 2 rings (SSSR count). The number of fused-ring (bicyclic) bond motifs is 2. The third-order valence-corrected chi connectivity index (χ3v) is 6.18. The molecule has 3 nitrogen and oxygen atoms in total. The Hall–Kier alpha value is -0.330. The summed E-state index contributed by atoms with van der Waals surface area (Å²) < 4.78 is 55.7. The largest absolute Gasteiger partial charge is 0.417 e. The maximum atomic E-state index is 13.5. The summed E-state index contributed by atoms with van der Waals surface area (Å²) in [5.41, 5.74) is -2.14. The van der Waals surface area contributed by atoms with E-state index in [0.29, 0.717) is 30.3 Å². The number of methoxy groups -OCH3 is 1. The summed E-state index contributed by atoms with van der Waals surface area (Å²) >= 11 is 0. The molecule has 0 aliphatic heterocycles. The zero-order chi connectivity index (χ0) is 17.3. The summed E-state index contributed by atoms with van der Waals surface area (Å²) in [5, 5.41) is 0. The SMILES string of the molecule is COCCOCOC(C)(CC1CC2CC1C(C)C2C)C(F)(F)F. The topological polar surface area (TPSA) is 27.7 Å². The molecule has 136 valence electrons. The lowest BCUT2D eigenvalue weighted by molar-refractivity contribution is -0.298. The van der Waals surface area contributed by atoms with Gasteiger partial charge in [0.15, 0.2) is 5.60 Å². The van der Waals surface area contributed by atoms with Gasteiger partial charge in [0, 0.05) is 7.11 Å². The van der Waals surface area contributed by atoms with Crippen LogP contribution < -0.4 is 0 Å². The van der Waals surface area contributed by atoms with Crippen molar-refractivity contribution in [3.8, 4) is 0 Å². The average Bonchev–Trinajstić information content (AvgIpc) is 2.98. The summed E-state index contributed by atoms with van der Waals surface area (Å²) in [5.74, 6) is 2.21. The highest BCUT2D eigenvalue weighted by molar-refractivity contribution is 5.00. The van der Waals surface area contributed by atoms with Gasteiger partial charge >= 0.3 is 6.18 Å². The molecular formula is C17H29F3O3. The molecule has 2 bridgehead atoms. The van der Waals surface area contributed by atoms with Crippen molar-refractivity contribution in [3.63, 3.8) is 0 Å². The normalized spacial score (nSPS) is 36.4. The van der Waals surface area contributed by atoms with Crippen LogP contribution in [0, 0.1) is 29.6 Å². The van der Waals surface area contributed by atoms with E-state index in [0.717, 1.165) is 19.8 Å². The van der Waals surface area contributed by atoms with Crippen LogP contribution in [-0.2, 0) is 14.2 Å². The molecule has 0 amide bonds. The predicted molar refractivity (Wildman–Crippen MR) is 80.9 cm³/mol. The smallest absolute Gasteiger partial charge is 0.382 e. The first-order chi connectivity index (χ1) is 10.7. The fourth-order valence-corrected chi connectivity index (χ4v) is 4.46. The molecule has 6 atom stereocenters. The van der Waals surface area contributed by atoms with Crippen LogP contribution in [0.2, 0.25) is 0 Å². The van der Waals surface area contributed by atoms with Crippen LogP contribution in [0.5, 0.6) is 0 Å². The molecule has 0 aromatic heterocycles. The standard InChI is InChI=1S/C17H29F3O3/c1-11-12(2)15-8-13(11)7-14(15)9-16(3,17(18,19)20)23-10-22-6-5-21-4/h11-15H,5-10H2,1-4H3. The van der Waals surface area contributed by atoms with E-state index < -0.39 is 11.8 Å². The fourth-order valence-electron chi connectivity index (χ4n) is 4.46. The van der Waals surface area contributed by atoms with Crippen molar-refractivity contribution in [1.29, 1.82) is 0 Å². The van der Waals surface area contributed by atoms with Gasteiger partial charge < -0.3 is 14.2 Å². The van der Waals surface area contributed by atoms with E-state index >= 15 is 0 Å². The van der Waals surface area contributed by atoms with E-state index in [-0.39, 0.29) is 25.7 Å². The third kappa shape index (κ3) is 4.02. The van der Waals surface area contributed by atoms with Gasteiger partial charge in [-0.05, 0) is 55.8 Å². The van der Waals surface area contributed by atoms with Gasteiger partial charge in [0.1, 0.15) is 6.79 Å². The zero-order valence-electron chi connectivity index (χ0n) is 14.5. The Morgan fingerprint density at radius 2 is 1.74 bits per heavy atom. The number of ether oxygens (including phenoxy) is 3. The number of rotatable bonds is 8. The first-order valence-electron chi connectivity index (χ1n) is 8.47. The molecule has 23 heavy (non-hydrogen) atoms. The predicted octanol–water partition coefficient (Wildman–Crippen LogP) is 4.26. The van der Waals surface area contributed by atoms with E-state index in [2.05, 4.69) is 13.8 Å². The number of hydrogen-bond acceptors (Lipinski definition) is 3. The summed E-state index contributed by atoms with van der Waals surface area (Å²) in [6.45, 7) is 5.79. The van der Waals surface area contributed by atoms with Crippen molar-refractivity contribution in [2.45, 2.75) is 51.8 Å². The van der Waals surface area contributed by atoms with Crippen LogP contribution in [0.15, 0.2) is 0 Å². The van der Waals surface area contributed by atoms with Gasteiger partial charge in [-0.3, -0.25) is 0 Å². The molecule has 2 saturated carbocycles. The van der Waals surface area contributed by atoms with Crippen molar-refractivity contribution in [2.24, 2.45) is 29.6 Å². The monoisotopic (exact) mass is 338 g/mol. The molecule has 0 aromatic rings. The van der Waals surface area contributed by atoms with Gasteiger partial charge in [0.05, 0.1) is 13.2 Å². The molecule has 2 aliphatic rings. The highest BCUT2D eigenvalue weighted by Crippen LogP contribution is 2.57. The van der Waals surface area contributed by atoms with Gasteiger partial charge in [-0.25, -0.2) is 0 Å². The molecule has 0 heterocycles. The first kappa shape index (κ1) is 19.0. The summed E-state index contributed by atoms with van der Waals surface area (Å²) in [6.07, 6.45) is -2.39. The summed E-state index contributed by atoms with van der Waals surface area (Å²) in [7, 11) is 1.52. The molecule has 6 heteroatoms. The lowest BCUT2D eigenvalue weighted by Crippen LogP contribution is -2.48. The highest BCUT2D eigenvalue weighted by atomic mass is 19.4. The molecule has 0 radical (unpaired) electrons. The Kier molecular flexibility index (Phi) is 6.01. The van der Waals surface area contributed by atoms with E-state index in [9.17, 15) is 13.2 Å². The fraction of sp³-hybridized carbons (Fsp3) is 1.00. The first-order valence-corrected chi connectivity index (χ1v) is 8.47. The molecule has 0 N–H and O–H groups in total. The highest BCUT2D eigenvalue weighted by Gasteiger charge is 2.57. The van der Waals surface area contributed by atoms with E-state index in [1.54, 1.807) is 0 Å². The lowest BCUT2D eigenvalue weighted by Gasteiger charge is -2.39. The van der Waals surface area contributed by atoms with Gasteiger partial charge in [-0.15, -0.1) is 0 Å². The van der Waals surface area contributed by atoms with E-state index in [1.165, 1.54) is 7.11 Å². The van der Waals surface area contributed by atoms with Crippen LogP contribution >= 0.6 is 0 Å². The van der Waals surface area contributed by atoms with E-state index in [4.69, 9.17) is 14.2 Å². The van der Waals surface area contributed by atoms with Gasteiger partial charge in [0.2, 0.25) is 0 Å². The minimum atomic E-state index is -4.39. The minimum Gasteiger partial charge on any atom is -0.382 e. The molecule has 6 unspecified atom stereocenters. The second-order valence-corrected chi connectivity index (χ2v) is 7.47. The quantitative estimate of drug-likeness (QED) is 0.489. The zero-order valence-corrected chi connectivity index (χ0v) is 14.5. The maximum Gasteiger partial charge on any atom is 0.417 e. The summed E-state index contributed by atoms with van der Waals surface area (Å²) in [6, 6.07) is 0. The number of halogens is 3. The van der Waals surface area contributed by atoms with Crippen molar-refractivity contribution in [2.75, 3.05) is 27.1 Å². The number of alkyl halides is 3. The Bertz CT molecular complexity index is 386. The van der Waals surface area contributed by atoms with Crippen molar-refractivity contribution in [3.05, 3.63) is 0 Å². The molecule has 0 saturated heterocycles. The Labute approximate surface area is 136 Å². The number of hydrogen-bond donors (Lipinski definition) is 0. The van der Waals surface area contributed by atoms with Crippen LogP contribution in [0.1, 0.15) is 40.0 Å². The molecule has 2 fully saturated rings.